The molecule has 1 unspecified atom stereocenters. The SMILES string of the molecule is CCS(C)(OCC1(c2cc(NC(=O)Oc3ccccc3)no2)CC1)C(C)(C)C. The van der Waals surface area contributed by atoms with Gasteiger partial charge in [0.25, 0.3) is 0 Å². The maximum Gasteiger partial charge on any atom is 0.418 e. The molecule has 1 saturated carbocycles. The predicted molar refractivity (Wildman–Crippen MR) is 113 cm³/mol. The first-order chi connectivity index (χ1) is 13.2. The Morgan fingerprint density at radius 3 is 2.54 bits per heavy atom. The molecule has 1 fully saturated rings. The summed E-state index contributed by atoms with van der Waals surface area (Å²) in [4.78, 5) is 12.0. The molecule has 28 heavy (non-hydrogen) atoms. The van der Waals surface area contributed by atoms with Crippen molar-refractivity contribution in [2.45, 2.75) is 50.7 Å². The third-order valence-electron chi connectivity index (χ3n) is 5.51. The molecule has 1 aromatic carbocycles. The van der Waals surface area contributed by atoms with Gasteiger partial charge in [-0.1, -0.05) is 51.1 Å². The Morgan fingerprint density at radius 2 is 1.96 bits per heavy atom. The summed E-state index contributed by atoms with van der Waals surface area (Å²) in [7, 11) is -1.19. The standard InChI is InChI=1S/C21H30N2O4S/c1-6-28(5,20(2,3)4)25-15-21(12-13-21)17-14-18(23-27-17)22-19(24)26-16-10-8-7-9-11-16/h7-11,14H,6,12-13,15H2,1-5H3,(H,22,23,24). The molecule has 0 saturated heterocycles. The lowest BCUT2D eigenvalue weighted by Gasteiger charge is -2.47. The average molecular weight is 407 g/mol. The minimum atomic E-state index is -1.19. The number of carbonyl (C=O) groups is 1. The van der Waals surface area contributed by atoms with E-state index in [0.717, 1.165) is 24.4 Å². The molecule has 0 spiro atoms. The van der Waals surface area contributed by atoms with Crippen molar-refractivity contribution in [3.63, 3.8) is 0 Å². The summed E-state index contributed by atoms with van der Waals surface area (Å²) < 4.78 is 17.4. The van der Waals surface area contributed by atoms with Crippen LogP contribution < -0.4 is 10.1 Å². The number of hydrogen-bond acceptors (Lipinski definition) is 5. The second kappa shape index (κ2) is 7.79. The minimum absolute atomic E-state index is 0.118. The lowest BCUT2D eigenvalue weighted by Crippen LogP contribution is -2.30. The van der Waals surface area contributed by atoms with Gasteiger partial charge in [0, 0.05) is 10.8 Å². The number of rotatable bonds is 7. The zero-order chi connectivity index (χ0) is 20.4. The maximum atomic E-state index is 12.0. The van der Waals surface area contributed by atoms with E-state index in [-0.39, 0.29) is 10.2 Å². The summed E-state index contributed by atoms with van der Waals surface area (Å²) in [6, 6.07) is 10.7. The lowest BCUT2D eigenvalue weighted by molar-refractivity contribution is 0.215. The number of nitrogens with one attached hydrogen (secondary N) is 1. The maximum absolute atomic E-state index is 12.0. The number of ether oxygens (including phenoxy) is 1. The second-order valence-corrected chi connectivity index (χ2v) is 12.4. The molecule has 6 nitrogen and oxygen atoms in total. The third-order valence-corrected chi connectivity index (χ3v) is 9.84. The van der Waals surface area contributed by atoms with Gasteiger partial charge < -0.3 is 13.4 Å². The Labute approximate surface area is 168 Å². The number of carbonyl (C=O) groups excluding carboxylic acids is 1. The van der Waals surface area contributed by atoms with Crippen molar-refractivity contribution in [3.8, 4) is 5.75 Å². The normalized spacial score (nSPS) is 18.8. The molecule has 1 aliphatic carbocycles. The summed E-state index contributed by atoms with van der Waals surface area (Å²) in [6.07, 6.45) is 3.65. The zero-order valence-electron chi connectivity index (χ0n) is 17.3. The van der Waals surface area contributed by atoms with E-state index >= 15 is 0 Å². The van der Waals surface area contributed by atoms with E-state index in [1.54, 1.807) is 30.3 Å². The highest BCUT2D eigenvalue weighted by molar-refractivity contribution is 8.30. The summed E-state index contributed by atoms with van der Waals surface area (Å²) in [6.45, 7) is 9.52. The number of anilines is 1. The highest BCUT2D eigenvalue weighted by atomic mass is 32.3. The smallest absolute Gasteiger partial charge is 0.410 e. The quantitative estimate of drug-likeness (QED) is 0.657. The van der Waals surface area contributed by atoms with Gasteiger partial charge in [0.1, 0.15) is 11.5 Å². The van der Waals surface area contributed by atoms with Gasteiger partial charge in [-0.25, -0.2) is 4.79 Å². The second-order valence-electron chi connectivity index (χ2n) is 8.35. The number of hydrogen-bond donors (Lipinski definition) is 1. The van der Waals surface area contributed by atoms with E-state index in [0.29, 0.717) is 18.2 Å². The third kappa shape index (κ3) is 4.52. The first-order valence-electron chi connectivity index (χ1n) is 9.58. The van der Waals surface area contributed by atoms with Crippen LogP contribution in [-0.4, -0.2) is 34.6 Å². The molecule has 1 N–H and O–H groups in total. The van der Waals surface area contributed by atoms with Crippen LogP contribution in [-0.2, 0) is 9.60 Å². The largest absolute Gasteiger partial charge is 0.418 e. The number of aromatic nitrogens is 1. The van der Waals surface area contributed by atoms with Crippen molar-refractivity contribution in [1.82, 2.24) is 5.16 Å². The van der Waals surface area contributed by atoms with E-state index in [1.807, 2.05) is 6.07 Å². The molecule has 1 aliphatic rings. The molecule has 1 aromatic heterocycles. The van der Waals surface area contributed by atoms with Crippen molar-refractivity contribution in [2.24, 2.45) is 0 Å². The Hall–Kier alpha value is -1.99. The molecule has 1 heterocycles. The van der Waals surface area contributed by atoms with E-state index in [4.69, 9.17) is 13.4 Å². The predicted octanol–water partition coefficient (Wildman–Crippen LogP) is 5.50. The monoisotopic (exact) mass is 406 g/mol. The van der Waals surface area contributed by atoms with Gasteiger partial charge in [-0.3, -0.25) is 5.32 Å². The number of nitrogens with zero attached hydrogens (tertiary/aromatic N) is 1. The van der Waals surface area contributed by atoms with Crippen LogP contribution in [0.15, 0.2) is 40.9 Å². The topological polar surface area (TPSA) is 73.6 Å². The average Bonchev–Trinajstić information content (AvgIpc) is 3.30. The van der Waals surface area contributed by atoms with E-state index in [1.165, 1.54) is 0 Å². The van der Waals surface area contributed by atoms with Gasteiger partial charge in [-0.2, -0.15) is 0 Å². The summed E-state index contributed by atoms with van der Waals surface area (Å²) >= 11 is 0. The van der Waals surface area contributed by atoms with Crippen LogP contribution in [0.1, 0.15) is 46.3 Å². The van der Waals surface area contributed by atoms with Crippen molar-refractivity contribution >= 4 is 22.2 Å². The molecule has 0 bridgehead atoms. The van der Waals surface area contributed by atoms with Gasteiger partial charge >= 0.3 is 6.09 Å². The van der Waals surface area contributed by atoms with Crippen LogP contribution in [0.2, 0.25) is 0 Å². The fourth-order valence-electron chi connectivity index (χ4n) is 2.86. The number of benzene rings is 1. The highest BCUT2D eigenvalue weighted by Gasteiger charge is 2.50. The van der Waals surface area contributed by atoms with Gasteiger partial charge in [0.2, 0.25) is 0 Å². The van der Waals surface area contributed by atoms with Crippen molar-refractivity contribution in [2.75, 3.05) is 23.9 Å². The molecule has 1 atom stereocenters. The van der Waals surface area contributed by atoms with E-state index < -0.39 is 16.4 Å². The fraction of sp³-hybridized carbons (Fsp3) is 0.524. The molecule has 0 radical (unpaired) electrons. The van der Waals surface area contributed by atoms with Crippen LogP contribution in [0, 0.1) is 0 Å². The number of amides is 1. The van der Waals surface area contributed by atoms with Crippen molar-refractivity contribution in [3.05, 3.63) is 42.2 Å². The van der Waals surface area contributed by atoms with Crippen LogP contribution in [0.3, 0.4) is 0 Å². The molecule has 7 heteroatoms. The first-order valence-corrected chi connectivity index (χ1v) is 11.7. The van der Waals surface area contributed by atoms with Crippen LogP contribution >= 0.6 is 10.3 Å². The van der Waals surface area contributed by atoms with Crippen LogP contribution in [0.4, 0.5) is 10.6 Å². The number of para-hydroxylation sites is 1. The van der Waals surface area contributed by atoms with Crippen molar-refractivity contribution in [1.29, 1.82) is 0 Å². The molecule has 3 rings (SSSR count). The molecule has 154 valence electrons. The van der Waals surface area contributed by atoms with E-state index in [9.17, 15) is 4.79 Å². The molecule has 1 amide bonds. The van der Waals surface area contributed by atoms with Gasteiger partial charge in [-0.05, 0) is 37.0 Å². The Morgan fingerprint density at radius 1 is 1.29 bits per heavy atom. The molecule has 2 aromatic rings. The molecule has 0 aliphatic heterocycles. The summed E-state index contributed by atoms with van der Waals surface area (Å²) in [5.41, 5.74) is -0.134. The first kappa shape index (κ1) is 20.7. The molecular formula is C21H30N2O4S. The Kier molecular flexibility index (Phi) is 5.77. The summed E-state index contributed by atoms with van der Waals surface area (Å²) in [5.74, 6) is 2.60. The van der Waals surface area contributed by atoms with Crippen LogP contribution in [0.5, 0.6) is 5.75 Å². The van der Waals surface area contributed by atoms with Crippen LogP contribution in [0.25, 0.3) is 0 Å². The van der Waals surface area contributed by atoms with Gasteiger partial charge in [-0.15, -0.1) is 10.3 Å². The summed E-state index contributed by atoms with van der Waals surface area (Å²) in [5, 5.41) is 6.60. The fourth-order valence-corrected chi connectivity index (χ4v) is 4.73. The Balaban J connectivity index is 1.61. The highest BCUT2D eigenvalue weighted by Crippen LogP contribution is 2.59. The van der Waals surface area contributed by atoms with E-state index in [2.05, 4.69) is 44.4 Å². The van der Waals surface area contributed by atoms with Crippen molar-refractivity contribution < 1.29 is 18.2 Å². The van der Waals surface area contributed by atoms with Gasteiger partial charge in [0.05, 0.1) is 12.0 Å². The van der Waals surface area contributed by atoms with Gasteiger partial charge in [0.15, 0.2) is 5.82 Å². The zero-order valence-corrected chi connectivity index (χ0v) is 18.1. The lowest BCUT2D eigenvalue weighted by atomic mass is 10.1. The minimum Gasteiger partial charge on any atom is -0.410 e. The Bertz CT molecular complexity index is 811. The molecular weight excluding hydrogens is 376 g/mol.